The summed E-state index contributed by atoms with van der Waals surface area (Å²) in [5.41, 5.74) is 0.643. The topological polar surface area (TPSA) is 59.6 Å². The second-order valence-corrected chi connectivity index (χ2v) is 4.92. The molecule has 0 bridgehead atoms. The zero-order chi connectivity index (χ0) is 14.4. The van der Waals surface area contributed by atoms with Crippen LogP contribution in [-0.2, 0) is 4.79 Å². The van der Waals surface area contributed by atoms with Crippen LogP contribution in [0.1, 0.15) is 19.8 Å². The van der Waals surface area contributed by atoms with Crippen molar-refractivity contribution >= 4 is 11.6 Å². The first kappa shape index (κ1) is 14.7. The van der Waals surface area contributed by atoms with Crippen LogP contribution in [0.4, 0.5) is 5.69 Å². The molecule has 1 aromatic rings. The van der Waals surface area contributed by atoms with E-state index in [0.29, 0.717) is 30.3 Å². The van der Waals surface area contributed by atoms with Crippen LogP contribution >= 0.6 is 0 Å². The lowest BCUT2D eigenvalue weighted by Crippen LogP contribution is -2.29. The van der Waals surface area contributed by atoms with Gasteiger partial charge in [-0.1, -0.05) is 0 Å². The first-order valence-corrected chi connectivity index (χ1v) is 7.04. The maximum atomic E-state index is 11.9. The van der Waals surface area contributed by atoms with Crippen LogP contribution in [0.2, 0.25) is 0 Å². The molecule has 0 unspecified atom stereocenters. The van der Waals surface area contributed by atoms with Gasteiger partial charge >= 0.3 is 0 Å². The smallest absolute Gasteiger partial charge is 0.238 e. The summed E-state index contributed by atoms with van der Waals surface area (Å²) in [5, 5.41) is 6.02. The zero-order valence-corrected chi connectivity index (χ0v) is 12.1. The van der Waals surface area contributed by atoms with Crippen molar-refractivity contribution in [3.8, 4) is 11.5 Å². The Balaban J connectivity index is 1.92. The van der Waals surface area contributed by atoms with Gasteiger partial charge < -0.3 is 20.1 Å². The third-order valence-electron chi connectivity index (χ3n) is 3.18. The predicted molar refractivity (Wildman–Crippen MR) is 78.4 cm³/mol. The maximum absolute atomic E-state index is 11.9. The van der Waals surface area contributed by atoms with Crippen LogP contribution in [-0.4, -0.2) is 32.7 Å². The van der Waals surface area contributed by atoms with Crippen molar-refractivity contribution in [3.63, 3.8) is 0 Å². The Kier molecular flexibility index (Phi) is 5.24. The van der Waals surface area contributed by atoms with E-state index in [1.165, 1.54) is 12.8 Å². The number of hydrogen-bond acceptors (Lipinski definition) is 4. The predicted octanol–water partition coefficient (Wildman–Crippen LogP) is 2.03. The van der Waals surface area contributed by atoms with Crippen LogP contribution in [0.25, 0.3) is 0 Å². The van der Waals surface area contributed by atoms with E-state index in [1.54, 1.807) is 19.2 Å². The summed E-state index contributed by atoms with van der Waals surface area (Å²) in [5.74, 6) is 2.04. The molecule has 0 aromatic heterocycles. The Morgan fingerprint density at radius 1 is 1.40 bits per heavy atom. The molecule has 1 aliphatic carbocycles. The summed E-state index contributed by atoms with van der Waals surface area (Å²) in [4.78, 5) is 11.9. The average Bonchev–Trinajstić information content (AvgIpc) is 3.25. The summed E-state index contributed by atoms with van der Waals surface area (Å²) >= 11 is 0. The summed E-state index contributed by atoms with van der Waals surface area (Å²) < 4.78 is 10.7. The lowest BCUT2D eigenvalue weighted by Gasteiger charge is -2.13. The number of methoxy groups -OCH3 is 1. The molecule has 0 heterocycles. The molecule has 5 heteroatoms. The molecule has 1 aliphatic rings. The molecular formula is C15H22N2O3. The zero-order valence-electron chi connectivity index (χ0n) is 12.1. The molecule has 1 fully saturated rings. The molecule has 0 atom stereocenters. The van der Waals surface area contributed by atoms with Gasteiger partial charge in [-0.25, -0.2) is 0 Å². The quantitative estimate of drug-likeness (QED) is 0.764. The van der Waals surface area contributed by atoms with E-state index in [4.69, 9.17) is 9.47 Å². The van der Waals surface area contributed by atoms with E-state index >= 15 is 0 Å². The Bertz CT molecular complexity index is 458. The Labute approximate surface area is 119 Å². The Morgan fingerprint density at radius 3 is 2.85 bits per heavy atom. The molecule has 1 saturated carbocycles. The van der Waals surface area contributed by atoms with Crippen molar-refractivity contribution in [2.24, 2.45) is 5.92 Å². The molecule has 1 amide bonds. The van der Waals surface area contributed by atoms with Crippen molar-refractivity contribution in [2.45, 2.75) is 19.8 Å². The van der Waals surface area contributed by atoms with Gasteiger partial charge in [0.1, 0.15) is 11.5 Å². The molecule has 1 aromatic carbocycles. The third-order valence-corrected chi connectivity index (χ3v) is 3.18. The van der Waals surface area contributed by atoms with Crippen LogP contribution in [0.3, 0.4) is 0 Å². The van der Waals surface area contributed by atoms with E-state index in [2.05, 4.69) is 10.6 Å². The van der Waals surface area contributed by atoms with E-state index in [-0.39, 0.29) is 5.91 Å². The fourth-order valence-electron chi connectivity index (χ4n) is 1.92. The summed E-state index contributed by atoms with van der Waals surface area (Å²) in [6.45, 7) is 3.70. The number of nitrogens with one attached hydrogen (secondary N) is 2. The highest BCUT2D eigenvalue weighted by Gasteiger charge is 2.20. The Morgan fingerprint density at radius 2 is 2.20 bits per heavy atom. The second kappa shape index (κ2) is 7.14. The molecule has 0 saturated heterocycles. The molecule has 0 aliphatic heterocycles. The number of carbonyl (C=O) groups is 1. The minimum absolute atomic E-state index is 0.0696. The molecule has 0 radical (unpaired) electrons. The van der Waals surface area contributed by atoms with Gasteiger partial charge in [0.05, 0.1) is 25.9 Å². The molecule has 110 valence electrons. The number of ether oxygens (including phenoxy) is 2. The van der Waals surface area contributed by atoms with Crippen LogP contribution in [0.5, 0.6) is 11.5 Å². The molecule has 5 nitrogen and oxygen atoms in total. The highest BCUT2D eigenvalue weighted by molar-refractivity contribution is 5.94. The van der Waals surface area contributed by atoms with Gasteiger partial charge in [0.2, 0.25) is 5.91 Å². The van der Waals surface area contributed by atoms with E-state index in [1.807, 2.05) is 13.0 Å². The molecular weight excluding hydrogens is 256 g/mol. The SMILES string of the molecule is CCOc1ccc(OC)cc1NC(=O)CNCC1CC1. The van der Waals surface area contributed by atoms with Crippen molar-refractivity contribution in [3.05, 3.63) is 18.2 Å². The van der Waals surface area contributed by atoms with Crippen LogP contribution in [0, 0.1) is 5.92 Å². The highest BCUT2D eigenvalue weighted by Crippen LogP contribution is 2.29. The fraction of sp³-hybridized carbons (Fsp3) is 0.533. The summed E-state index contributed by atoms with van der Waals surface area (Å²) in [6, 6.07) is 5.38. The second-order valence-electron chi connectivity index (χ2n) is 4.92. The van der Waals surface area contributed by atoms with Gasteiger partial charge in [-0.15, -0.1) is 0 Å². The molecule has 2 N–H and O–H groups in total. The average molecular weight is 278 g/mol. The van der Waals surface area contributed by atoms with Gasteiger partial charge in [-0.3, -0.25) is 4.79 Å². The first-order valence-electron chi connectivity index (χ1n) is 7.04. The van der Waals surface area contributed by atoms with Gasteiger partial charge in [0.15, 0.2) is 0 Å². The molecule has 20 heavy (non-hydrogen) atoms. The van der Waals surface area contributed by atoms with Crippen LogP contribution in [0.15, 0.2) is 18.2 Å². The van der Waals surface area contributed by atoms with Gasteiger partial charge in [0.25, 0.3) is 0 Å². The number of hydrogen-bond donors (Lipinski definition) is 2. The van der Waals surface area contributed by atoms with E-state index in [9.17, 15) is 4.79 Å². The van der Waals surface area contributed by atoms with Gasteiger partial charge in [-0.2, -0.15) is 0 Å². The van der Waals surface area contributed by atoms with Gasteiger partial charge in [0, 0.05) is 6.07 Å². The highest BCUT2D eigenvalue weighted by atomic mass is 16.5. The third kappa shape index (κ3) is 4.42. The normalized spacial score (nSPS) is 13.9. The first-order chi connectivity index (χ1) is 9.72. The number of carbonyl (C=O) groups excluding carboxylic acids is 1. The fourth-order valence-corrected chi connectivity index (χ4v) is 1.92. The van der Waals surface area contributed by atoms with Crippen molar-refractivity contribution in [2.75, 3.05) is 32.1 Å². The van der Waals surface area contributed by atoms with E-state index < -0.39 is 0 Å². The maximum Gasteiger partial charge on any atom is 0.238 e. The van der Waals surface area contributed by atoms with Crippen molar-refractivity contribution in [1.82, 2.24) is 5.32 Å². The Hall–Kier alpha value is -1.75. The number of rotatable bonds is 8. The molecule has 0 spiro atoms. The number of amides is 1. The largest absolute Gasteiger partial charge is 0.497 e. The standard InChI is InChI=1S/C15H22N2O3/c1-3-20-14-7-6-12(19-2)8-13(14)17-15(18)10-16-9-11-4-5-11/h6-8,11,16H,3-5,9-10H2,1-2H3,(H,17,18). The van der Waals surface area contributed by atoms with Gasteiger partial charge in [-0.05, 0) is 44.4 Å². The summed E-state index contributed by atoms with van der Waals surface area (Å²) in [7, 11) is 1.60. The number of anilines is 1. The lowest BCUT2D eigenvalue weighted by molar-refractivity contribution is -0.115. The summed E-state index contributed by atoms with van der Waals surface area (Å²) in [6.07, 6.45) is 2.55. The minimum Gasteiger partial charge on any atom is -0.497 e. The number of benzene rings is 1. The molecule has 2 rings (SSSR count). The van der Waals surface area contributed by atoms with Crippen LogP contribution < -0.4 is 20.1 Å². The lowest BCUT2D eigenvalue weighted by atomic mass is 10.2. The van der Waals surface area contributed by atoms with Crippen molar-refractivity contribution < 1.29 is 14.3 Å². The minimum atomic E-state index is -0.0696. The van der Waals surface area contributed by atoms with E-state index in [0.717, 1.165) is 12.5 Å². The van der Waals surface area contributed by atoms with Crippen molar-refractivity contribution in [1.29, 1.82) is 0 Å². The monoisotopic (exact) mass is 278 g/mol.